The number of benzene rings is 1. The number of aryl methyl sites for hydroxylation is 1. The molecule has 10 heteroatoms. The van der Waals surface area contributed by atoms with Gasteiger partial charge in [0.05, 0.1) is 12.2 Å². The van der Waals surface area contributed by atoms with Crippen LogP contribution in [0.1, 0.15) is 21.7 Å². The highest BCUT2D eigenvalue weighted by Crippen LogP contribution is 2.26. The number of carbonyl (C=O) groups is 3. The Morgan fingerprint density at radius 1 is 1.16 bits per heavy atom. The number of amides is 2. The molecule has 3 aromatic rings. The van der Waals surface area contributed by atoms with E-state index in [1.54, 1.807) is 53.4 Å². The van der Waals surface area contributed by atoms with Gasteiger partial charge < -0.3 is 19.8 Å². The molecule has 0 radical (unpaired) electrons. The van der Waals surface area contributed by atoms with E-state index < -0.39 is 24.4 Å². The summed E-state index contributed by atoms with van der Waals surface area (Å²) in [6, 6.07) is 12.5. The lowest BCUT2D eigenvalue weighted by Gasteiger charge is -2.08. The molecule has 2 amide bonds. The van der Waals surface area contributed by atoms with Gasteiger partial charge in [-0.1, -0.05) is 12.1 Å². The molecule has 158 valence electrons. The van der Waals surface area contributed by atoms with Crippen LogP contribution in [0, 0.1) is 18.3 Å². The van der Waals surface area contributed by atoms with Gasteiger partial charge in [-0.3, -0.25) is 14.2 Å². The first kappa shape index (κ1) is 21.9. The summed E-state index contributed by atoms with van der Waals surface area (Å²) in [5.41, 5.74) is 0.517. The van der Waals surface area contributed by atoms with Gasteiger partial charge in [0.2, 0.25) is 11.8 Å². The van der Waals surface area contributed by atoms with Crippen LogP contribution in [-0.2, 0) is 14.3 Å². The predicted molar refractivity (Wildman–Crippen MR) is 114 cm³/mol. The molecule has 3 rings (SSSR count). The zero-order valence-electron chi connectivity index (χ0n) is 16.3. The number of hydrogen-bond donors (Lipinski definition) is 2. The Morgan fingerprint density at radius 3 is 2.55 bits per heavy atom. The van der Waals surface area contributed by atoms with Crippen LogP contribution < -0.4 is 10.6 Å². The number of esters is 1. The number of ether oxygens (including phenoxy) is 1. The molecule has 2 aromatic heterocycles. The van der Waals surface area contributed by atoms with Crippen LogP contribution >= 0.6 is 15.9 Å². The minimum absolute atomic E-state index is 0.00641. The second kappa shape index (κ2) is 9.77. The first-order valence-corrected chi connectivity index (χ1v) is 9.85. The summed E-state index contributed by atoms with van der Waals surface area (Å²) in [5, 5.41) is 14.5. The summed E-state index contributed by atoms with van der Waals surface area (Å²) < 4.78 is 12.8. The largest absolute Gasteiger partial charge is 0.452 e. The van der Waals surface area contributed by atoms with E-state index in [4.69, 9.17) is 9.15 Å². The van der Waals surface area contributed by atoms with Crippen molar-refractivity contribution < 1.29 is 23.5 Å². The maximum absolute atomic E-state index is 12.4. The molecule has 0 saturated carbocycles. The van der Waals surface area contributed by atoms with Gasteiger partial charge in [-0.05, 0) is 47.1 Å². The van der Waals surface area contributed by atoms with Gasteiger partial charge >= 0.3 is 5.97 Å². The minimum atomic E-state index is -0.871. The molecule has 0 saturated heterocycles. The predicted octanol–water partition coefficient (Wildman–Crippen LogP) is 2.92. The highest BCUT2D eigenvalue weighted by Gasteiger charge is 2.26. The van der Waals surface area contributed by atoms with Crippen molar-refractivity contribution in [3.05, 3.63) is 70.2 Å². The van der Waals surface area contributed by atoms with Crippen LogP contribution in [0.25, 0.3) is 5.88 Å². The molecule has 2 heterocycles. The number of nitrogens with zero attached hydrogens (tertiary/aromatic N) is 2. The highest BCUT2D eigenvalue weighted by atomic mass is 79.9. The van der Waals surface area contributed by atoms with E-state index in [9.17, 15) is 19.6 Å². The number of para-hydroxylation sites is 1. The van der Waals surface area contributed by atoms with E-state index in [0.717, 1.165) is 0 Å². The van der Waals surface area contributed by atoms with Crippen molar-refractivity contribution in [1.29, 1.82) is 5.26 Å². The molecule has 2 N–H and O–H groups in total. The molecule has 0 aliphatic heterocycles. The van der Waals surface area contributed by atoms with Crippen LogP contribution in [0.2, 0.25) is 0 Å². The SMILES string of the molecule is Cc1oc(-n2cccc2)c(C#N)c1C(=O)OCC(=O)NCC(=O)Nc1ccccc1Br. The van der Waals surface area contributed by atoms with E-state index in [-0.39, 0.29) is 29.3 Å². The van der Waals surface area contributed by atoms with E-state index in [1.165, 1.54) is 6.92 Å². The Hall–Kier alpha value is -3.84. The standard InChI is InChI=1S/C21H17BrN4O5/c1-13-19(14(10-23)20(31-13)26-8-4-5-9-26)21(29)30-12-18(28)24-11-17(27)25-16-7-3-2-6-15(16)22/h2-9H,11-12H2,1H3,(H,24,28)(H,25,27). The van der Waals surface area contributed by atoms with E-state index in [1.807, 2.05) is 6.07 Å². The summed E-state index contributed by atoms with van der Waals surface area (Å²) in [6.45, 7) is 0.607. The van der Waals surface area contributed by atoms with Crippen molar-refractivity contribution in [2.45, 2.75) is 6.92 Å². The lowest BCUT2D eigenvalue weighted by atomic mass is 10.1. The number of nitriles is 1. The topological polar surface area (TPSA) is 126 Å². The summed E-state index contributed by atoms with van der Waals surface area (Å²) in [4.78, 5) is 36.4. The molecule has 0 aliphatic carbocycles. The molecule has 0 aliphatic rings. The molecule has 0 spiro atoms. The van der Waals surface area contributed by atoms with Crippen molar-refractivity contribution in [3.8, 4) is 12.0 Å². The van der Waals surface area contributed by atoms with Gasteiger partial charge in [-0.25, -0.2) is 4.79 Å². The molecule has 0 atom stereocenters. The normalized spacial score (nSPS) is 10.2. The van der Waals surface area contributed by atoms with Crippen molar-refractivity contribution >= 4 is 39.4 Å². The molecule has 31 heavy (non-hydrogen) atoms. The summed E-state index contributed by atoms with van der Waals surface area (Å²) >= 11 is 3.31. The highest BCUT2D eigenvalue weighted by molar-refractivity contribution is 9.10. The average molecular weight is 485 g/mol. The number of furan rings is 1. The number of anilines is 1. The van der Waals surface area contributed by atoms with E-state index in [2.05, 4.69) is 26.6 Å². The van der Waals surface area contributed by atoms with Gasteiger partial charge in [0.25, 0.3) is 5.91 Å². The molecule has 1 aromatic carbocycles. The second-order valence-corrected chi connectivity index (χ2v) is 7.15. The summed E-state index contributed by atoms with van der Waals surface area (Å²) in [5.74, 6) is -1.60. The van der Waals surface area contributed by atoms with Crippen LogP contribution in [0.3, 0.4) is 0 Å². The fraction of sp³-hybridized carbons (Fsp3) is 0.143. The number of nitrogens with one attached hydrogen (secondary N) is 2. The Labute approximate surface area is 185 Å². The van der Waals surface area contributed by atoms with Gasteiger partial charge in [0.1, 0.15) is 23.0 Å². The monoisotopic (exact) mass is 484 g/mol. The van der Waals surface area contributed by atoms with Gasteiger partial charge in [0.15, 0.2) is 6.61 Å². The zero-order chi connectivity index (χ0) is 22.4. The molecule has 0 unspecified atom stereocenters. The van der Waals surface area contributed by atoms with Crippen LogP contribution in [0.5, 0.6) is 0 Å². The zero-order valence-corrected chi connectivity index (χ0v) is 17.9. The second-order valence-electron chi connectivity index (χ2n) is 6.30. The number of halogens is 1. The number of aromatic nitrogens is 1. The fourth-order valence-corrected chi connectivity index (χ4v) is 3.11. The third-order valence-corrected chi connectivity index (χ3v) is 4.84. The number of carbonyl (C=O) groups excluding carboxylic acids is 3. The molecule has 0 fully saturated rings. The Bertz CT molecular complexity index is 1160. The van der Waals surface area contributed by atoms with E-state index in [0.29, 0.717) is 10.2 Å². The third-order valence-electron chi connectivity index (χ3n) is 4.15. The lowest BCUT2D eigenvalue weighted by molar-refractivity contribution is -0.126. The van der Waals surface area contributed by atoms with Crippen LogP contribution in [-0.4, -0.2) is 35.5 Å². The smallest absolute Gasteiger partial charge is 0.343 e. The van der Waals surface area contributed by atoms with Crippen molar-refractivity contribution in [3.63, 3.8) is 0 Å². The Morgan fingerprint density at radius 2 is 1.87 bits per heavy atom. The quantitative estimate of drug-likeness (QED) is 0.496. The van der Waals surface area contributed by atoms with E-state index >= 15 is 0 Å². The first-order valence-electron chi connectivity index (χ1n) is 9.05. The van der Waals surface area contributed by atoms with Gasteiger partial charge in [-0.2, -0.15) is 5.26 Å². The summed E-state index contributed by atoms with van der Waals surface area (Å²) in [6.07, 6.45) is 3.33. The first-order chi connectivity index (χ1) is 14.9. The average Bonchev–Trinajstić information content (AvgIpc) is 3.39. The van der Waals surface area contributed by atoms with Crippen molar-refractivity contribution in [2.24, 2.45) is 0 Å². The molecular weight excluding hydrogens is 468 g/mol. The summed E-state index contributed by atoms with van der Waals surface area (Å²) in [7, 11) is 0. The maximum atomic E-state index is 12.4. The van der Waals surface area contributed by atoms with Crippen LogP contribution in [0.4, 0.5) is 5.69 Å². The van der Waals surface area contributed by atoms with Crippen molar-refractivity contribution in [1.82, 2.24) is 9.88 Å². The van der Waals surface area contributed by atoms with Gasteiger partial charge in [-0.15, -0.1) is 0 Å². The Balaban J connectivity index is 1.55. The third kappa shape index (κ3) is 5.21. The van der Waals surface area contributed by atoms with Crippen LogP contribution in [0.15, 0.2) is 57.7 Å². The molecule has 9 nitrogen and oxygen atoms in total. The van der Waals surface area contributed by atoms with Gasteiger partial charge in [0, 0.05) is 16.9 Å². The minimum Gasteiger partial charge on any atom is -0.452 e. The number of hydrogen-bond acceptors (Lipinski definition) is 6. The fourth-order valence-electron chi connectivity index (χ4n) is 2.72. The molecule has 0 bridgehead atoms. The lowest BCUT2D eigenvalue weighted by Crippen LogP contribution is -2.35. The maximum Gasteiger partial charge on any atom is 0.343 e. The van der Waals surface area contributed by atoms with Crippen molar-refractivity contribution in [2.75, 3.05) is 18.5 Å². The number of rotatable bonds is 7. The molecular formula is C21H17BrN4O5. The Kier molecular flexibility index (Phi) is 6.89.